The van der Waals surface area contributed by atoms with E-state index in [0.717, 1.165) is 42.8 Å². The smallest absolute Gasteiger partial charge is 0.311 e. The van der Waals surface area contributed by atoms with Gasteiger partial charge in [-0.25, -0.2) is 4.98 Å². The summed E-state index contributed by atoms with van der Waals surface area (Å²) in [6.07, 6.45) is 3.21. The first kappa shape index (κ1) is 25.2. The normalized spacial score (nSPS) is 23.3. The maximum absolute atomic E-state index is 11.9. The van der Waals surface area contributed by atoms with Gasteiger partial charge in [0.15, 0.2) is 0 Å². The quantitative estimate of drug-likeness (QED) is 0.372. The van der Waals surface area contributed by atoms with Crippen molar-refractivity contribution >= 4 is 5.97 Å². The Kier molecular flexibility index (Phi) is 7.78. The van der Waals surface area contributed by atoms with E-state index < -0.39 is 11.0 Å². The van der Waals surface area contributed by atoms with Crippen molar-refractivity contribution in [1.82, 2.24) is 9.88 Å². The van der Waals surface area contributed by atoms with Gasteiger partial charge in [-0.3, -0.25) is 9.69 Å². The number of hydrogen-bond donors (Lipinski definition) is 1. The van der Waals surface area contributed by atoms with Crippen molar-refractivity contribution in [1.29, 1.82) is 0 Å². The van der Waals surface area contributed by atoms with Gasteiger partial charge in [0, 0.05) is 36.9 Å². The van der Waals surface area contributed by atoms with Crippen LogP contribution in [0.4, 0.5) is 0 Å². The third-order valence-corrected chi connectivity index (χ3v) is 6.69. The van der Waals surface area contributed by atoms with Crippen molar-refractivity contribution in [3.63, 3.8) is 0 Å². The molecule has 0 spiro atoms. The molecule has 2 aromatic rings. The van der Waals surface area contributed by atoms with Gasteiger partial charge in [0.1, 0.15) is 5.60 Å². The fourth-order valence-electron chi connectivity index (χ4n) is 4.57. The van der Waals surface area contributed by atoms with Crippen molar-refractivity contribution in [2.45, 2.75) is 52.1 Å². The summed E-state index contributed by atoms with van der Waals surface area (Å²) < 4.78 is 11.2. The average molecular weight is 477 g/mol. The second kappa shape index (κ2) is 10.8. The third-order valence-electron chi connectivity index (χ3n) is 6.69. The maximum atomic E-state index is 11.9. The zero-order valence-electron chi connectivity index (χ0n) is 21.0. The van der Waals surface area contributed by atoms with E-state index in [-0.39, 0.29) is 11.9 Å². The van der Waals surface area contributed by atoms with E-state index in [1.165, 1.54) is 0 Å². The van der Waals surface area contributed by atoms with E-state index in [1.807, 2.05) is 51.1 Å². The highest BCUT2D eigenvalue weighted by Gasteiger charge is 2.44. The molecule has 3 aliphatic rings. The van der Waals surface area contributed by atoms with E-state index in [9.17, 15) is 9.90 Å². The van der Waals surface area contributed by atoms with Gasteiger partial charge in [-0.15, -0.1) is 0 Å². The lowest BCUT2D eigenvalue weighted by atomic mass is 9.75. The van der Waals surface area contributed by atoms with Crippen molar-refractivity contribution in [2.24, 2.45) is 11.3 Å². The summed E-state index contributed by atoms with van der Waals surface area (Å²) >= 11 is 0. The Bertz CT molecular complexity index is 1080. The monoisotopic (exact) mass is 476 g/mol. The average Bonchev–Trinajstić information content (AvgIpc) is 2.84. The first-order valence-corrected chi connectivity index (χ1v) is 12.5. The number of pyridine rings is 1. The first-order chi connectivity index (χ1) is 16.7. The Morgan fingerprint density at radius 1 is 1.14 bits per heavy atom. The Morgan fingerprint density at radius 3 is 2.54 bits per heavy atom. The molecule has 4 heterocycles. The van der Waals surface area contributed by atoms with Gasteiger partial charge >= 0.3 is 5.97 Å². The van der Waals surface area contributed by atoms with Crippen LogP contribution in [-0.4, -0.2) is 59.4 Å². The topological polar surface area (TPSA) is 71.9 Å². The fraction of sp³-hybridized carbons (Fsp3) is 0.517. The molecule has 3 saturated heterocycles. The molecular weight excluding hydrogens is 440 g/mol. The van der Waals surface area contributed by atoms with E-state index in [4.69, 9.17) is 14.5 Å². The molecule has 6 nitrogen and oxygen atoms in total. The highest BCUT2D eigenvalue weighted by Crippen LogP contribution is 2.35. The number of carbonyl (C=O) groups is 1. The molecule has 6 heteroatoms. The van der Waals surface area contributed by atoms with Gasteiger partial charge in [0.25, 0.3) is 0 Å². The number of carbonyl (C=O) groups excluding carboxylic acids is 1. The number of rotatable bonds is 7. The van der Waals surface area contributed by atoms with Gasteiger partial charge in [-0.2, -0.15) is 0 Å². The van der Waals surface area contributed by atoms with Crippen molar-refractivity contribution in [3.05, 3.63) is 59.3 Å². The zero-order chi connectivity index (χ0) is 24.9. The second-order valence-corrected chi connectivity index (χ2v) is 10.6. The summed E-state index contributed by atoms with van der Waals surface area (Å²) in [5.74, 6) is 7.01. The SMILES string of the molecule is CC(C)(C)C(=O)OCCCOc1ccc(C#CC2(O)CN3CCC2CC3)c(Cc2ccccc2)n1. The molecule has 0 amide bonds. The zero-order valence-corrected chi connectivity index (χ0v) is 21.0. The Hall–Kier alpha value is -2.88. The van der Waals surface area contributed by atoms with Crippen LogP contribution in [0.25, 0.3) is 0 Å². The van der Waals surface area contributed by atoms with Gasteiger partial charge in [-0.05, 0) is 58.3 Å². The summed E-state index contributed by atoms with van der Waals surface area (Å²) in [5, 5.41) is 11.2. The van der Waals surface area contributed by atoms with Crippen molar-refractivity contribution in [3.8, 4) is 17.7 Å². The number of benzene rings is 1. The van der Waals surface area contributed by atoms with E-state index in [1.54, 1.807) is 0 Å². The molecule has 3 aliphatic heterocycles. The molecule has 35 heavy (non-hydrogen) atoms. The Labute approximate surface area is 208 Å². The lowest BCUT2D eigenvalue weighted by Crippen LogP contribution is -2.58. The van der Waals surface area contributed by atoms with E-state index in [2.05, 4.69) is 28.9 Å². The standard InChI is InChI=1S/C29H36N2O4/c1-28(2,3)27(32)35-19-7-18-34-26-11-10-23(25(30-26)20-22-8-5-4-6-9-22)12-15-29(33)21-31-16-13-24(29)14-17-31/h4-6,8-11,24,33H,7,13-14,16-21H2,1-3H3. The van der Waals surface area contributed by atoms with Crippen LogP contribution in [0.2, 0.25) is 0 Å². The summed E-state index contributed by atoms with van der Waals surface area (Å²) in [7, 11) is 0. The lowest BCUT2D eigenvalue weighted by molar-refractivity contribution is -0.153. The summed E-state index contributed by atoms with van der Waals surface area (Å²) in [4.78, 5) is 18.9. The highest BCUT2D eigenvalue weighted by atomic mass is 16.5. The third kappa shape index (κ3) is 6.62. The Balaban J connectivity index is 1.45. The molecular formula is C29H36N2O4. The van der Waals surface area contributed by atoms with Crippen molar-refractivity contribution < 1.29 is 19.4 Å². The molecule has 5 rings (SSSR count). The van der Waals surface area contributed by atoms with Crippen LogP contribution < -0.4 is 4.74 Å². The number of ether oxygens (including phenoxy) is 2. The first-order valence-electron chi connectivity index (χ1n) is 12.5. The molecule has 1 aromatic carbocycles. The molecule has 1 aromatic heterocycles. The molecule has 186 valence electrons. The van der Waals surface area contributed by atoms with Crippen LogP contribution in [0.3, 0.4) is 0 Å². The number of hydrogen-bond acceptors (Lipinski definition) is 6. The van der Waals surface area contributed by atoms with Crippen LogP contribution in [-0.2, 0) is 16.0 Å². The van der Waals surface area contributed by atoms with Gasteiger partial charge in [-0.1, -0.05) is 42.2 Å². The summed E-state index contributed by atoms with van der Waals surface area (Å²) in [6, 6.07) is 13.9. The largest absolute Gasteiger partial charge is 0.478 e. The fourth-order valence-corrected chi connectivity index (χ4v) is 4.57. The minimum Gasteiger partial charge on any atom is -0.478 e. The molecule has 0 saturated carbocycles. The van der Waals surface area contributed by atoms with Crippen molar-refractivity contribution in [2.75, 3.05) is 32.8 Å². The number of aromatic nitrogens is 1. The van der Waals surface area contributed by atoms with Crippen LogP contribution in [0.5, 0.6) is 5.88 Å². The van der Waals surface area contributed by atoms with Crippen LogP contribution in [0, 0.1) is 23.2 Å². The minimum absolute atomic E-state index is 0.214. The summed E-state index contributed by atoms with van der Waals surface area (Å²) in [5.41, 5.74) is 1.30. The number of piperidine rings is 3. The molecule has 3 fully saturated rings. The minimum atomic E-state index is -0.958. The van der Waals surface area contributed by atoms with E-state index in [0.29, 0.717) is 38.5 Å². The predicted octanol–water partition coefficient (Wildman–Crippen LogP) is 3.84. The number of aliphatic hydroxyl groups is 1. The number of esters is 1. The Morgan fingerprint density at radius 2 is 1.89 bits per heavy atom. The summed E-state index contributed by atoms with van der Waals surface area (Å²) in [6.45, 7) is 8.95. The molecule has 0 radical (unpaired) electrons. The molecule has 1 atom stereocenters. The second-order valence-electron chi connectivity index (χ2n) is 10.6. The van der Waals surface area contributed by atoms with Crippen LogP contribution >= 0.6 is 0 Å². The van der Waals surface area contributed by atoms with Crippen LogP contribution in [0.1, 0.15) is 56.9 Å². The number of nitrogens with zero attached hydrogens (tertiary/aromatic N) is 2. The lowest BCUT2D eigenvalue weighted by Gasteiger charge is -2.47. The van der Waals surface area contributed by atoms with E-state index >= 15 is 0 Å². The molecule has 1 unspecified atom stereocenters. The maximum Gasteiger partial charge on any atom is 0.311 e. The van der Waals surface area contributed by atoms with Gasteiger partial charge in [0.2, 0.25) is 5.88 Å². The molecule has 2 bridgehead atoms. The number of fused-ring (bicyclic) bond motifs is 3. The highest BCUT2D eigenvalue weighted by molar-refractivity contribution is 5.75. The molecule has 0 aliphatic carbocycles. The van der Waals surface area contributed by atoms with Gasteiger partial charge in [0.05, 0.1) is 24.3 Å². The predicted molar refractivity (Wildman–Crippen MR) is 135 cm³/mol. The van der Waals surface area contributed by atoms with Gasteiger partial charge < -0.3 is 14.6 Å². The molecule has 1 N–H and O–H groups in total. The van der Waals surface area contributed by atoms with Crippen LogP contribution in [0.15, 0.2) is 42.5 Å².